The Labute approximate surface area is 151 Å². The lowest BCUT2D eigenvalue weighted by Gasteiger charge is -2.08. The van der Waals surface area contributed by atoms with Crippen molar-refractivity contribution < 1.29 is 4.79 Å². The maximum Gasteiger partial charge on any atom is 0.280 e. The minimum atomic E-state index is -0.393. The molecule has 0 aliphatic carbocycles. The number of rotatable bonds is 5. The Bertz CT molecular complexity index is 969. The molecule has 0 spiro atoms. The predicted octanol–water partition coefficient (Wildman–Crippen LogP) is 3.23. The molecule has 1 aromatic heterocycles. The van der Waals surface area contributed by atoms with Crippen molar-refractivity contribution >= 4 is 33.1 Å². The fourth-order valence-electron chi connectivity index (χ4n) is 2.15. The second-order valence-corrected chi connectivity index (χ2v) is 5.85. The molecule has 0 aliphatic heterocycles. The third-order valence-electron chi connectivity index (χ3n) is 3.38. The lowest BCUT2D eigenvalue weighted by Crippen LogP contribution is -2.18. The van der Waals surface area contributed by atoms with Gasteiger partial charge in [-0.25, -0.2) is 5.10 Å². The van der Waals surface area contributed by atoms with Gasteiger partial charge in [0, 0.05) is 11.1 Å². The molecule has 2 aromatic carbocycles. The summed E-state index contributed by atoms with van der Waals surface area (Å²) in [7, 11) is 0. The number of halogens is 1. The largest absolute Gasteiger partial charge is 0.287 e. The number of nitrogens with one attached hydrogen (secondary N) is 2. The zero-order valence-electron chi connectivity index (χ0n) is 12.9. The van der Waals surface area contributed by atoms with Gasteiger partial charge >= 0.3 is 0 Å². The maximum atomic E-state index is 12.9. The Balaban J connectivity index is 2.01. The van der Waals surface area contributed by atoms with Crippen LogP contribution in [0.1, 0.15) is 15.9 Å². The van der Waals surface area contributed by atoms with Crippen molar-refractivity contribution in [2.75, 3.05) is 5.43 Å². The van der Waals surface area contributed by atoms with Crippen LogP contribution in [0, 0.1) is 0 Å². The highest BCUT2D eigenvalue weighted by molar-refractivity contribution is 9.10. The van der Waals surface area contributed by atoms with Gasteiger partial charge in [-0.05, 0) is 15.9 Å². The summed E-state index contributed by atoms with van der Waals surface area (Å²) in [5.74, 6) is -0.228. The highest BCUT2D eigenvalue weighted by Crippen LogP contribution is 2.16. The quantitative estimate of drug-likeness (QED) is 0.393. The Hall–Kier alpha value is -3.06. The second kappa shape index (κ2) is 7.67. The number of aromatic amines is 1. The Morgan fingerprint density at radius 3 is 2.24 bits per heavy atom. The number of benzene rings is 2. The van der Waals surface area contributed by atoms with E-state index in [0.717, 1.165) is 0 Å². The molecule has 0 atom stereocenters. The van der Waals surface area contributed by atoms with E-state index < -0.39 is 5.56 Å². The number of hydrogen-bond donors (Lipinski definition) is 2. The first kappa shape index (κ1) is 16.8. The number of nitrogens with zero attached hydrogens (tertiary/aromatic N) is 2. The lowest BCUT2D eigenvalue weighted by molar-refractivity contribution is 0.106. The number of H-pyrrole nitrogens is 1. The van der Waals surface area contributed by atoms with Crippen molar-refractivity contribution in [1.82, 2.24) is 10.2 Å². The Morgan fingerprint density at radius 1 is 1.00 bits per heavy atom. The number of carbonyl (C=O) groups is 1. The zero-order chi connectivity index (χ0) is 17.6. The van der Waals surface area contributed by atoms with E-state index in [-0.39, 0.29) is 16.0 Å². The van der Waals surface area contributed by atoms with Gasteiger partial charge in [-0.1, -0.05) is 60.7 Å². The van der Waals surface area contributed by atoms with Crippen molar-refractivity contribution in [2.24, 2.45) is 5.10 Å². The molecule has 25 heavy (non-hydrogen) atoms. The van der Waals surface area contributed by atoms with Gasteiger partial charge < -0.3 is 0 Å². The molecule has 3 rings (SSSR count). The van der Waals surface area contributed by atoms with Crippen molar-refractivity contribution in [1.29, 1.82) is 0 Å². The summed E-state index contributed by atoms with van der Waals surface area (Å²) >= 11 is 3.17. The SMILES string of the molecule is O=C(C(=NNc1cn[nH]c(=O)c1Br)c1ccccc1)c1ccccc1. The molecular weight excluding hydrogens is 384 g/mol. The highest BCUT2D eigenvalue weighted by atomic mass is 79.9. The van der Waals surface area contributed by atoms with E-state index in [0.29, 0.717) is 16.8 Å². The minimum absolute atomic E-state index is 0.228. The minimum Gasteiger partial charge on any atom is -0.287 e. The molecule has 124 valence electrons. The fraction of sp³-hybridized carbons (Fsp3) is 0. The van der Waals surface area contributed by atoms with Gasteiger partial charge in [-0.2, -0.15) is 10.2 Å². The summed E-state index contributed by atoms with van der Waals surface area (Å²) in [6.07, 6.45) is 1.41. The monoisotopic (exact) mass is 396 g/mol. The molecule has 0 amide bonds. The summed E-state index contributed by atoms with van der Waals surface area (Å²) < 4.78 is 0.255. The smallest absolute Gasteiger partial charge is 0.280 e. The number of anilines is 1. The highest BCUT2D eigenvalue weighted by Gasteiger charge is 2.16. The van der Waals surface area contributed by atoms with Crippen LogP contribution in [0.15, 0.2) is 81.2 Å². The third-order valence-corrected chi connectivity index (χ3v) is 4.17. The van der Waals surface area contributed by atoms with Crippen molar-refractivity contribution in [3.05, 3.63) is 92.8 Å². The summed E-state index contributed by atoms with van der Waals surface area (Å²) in [4.78, 5) is 24.4. The molecule has 1 heterocycles. The number of aromatic nitrogens is 2. The van der Waals surface area contributed by atoms with Crippen LogP contribution in [0.25, 0.3) is 0 Å². The average Bonchev–Trinajstić information content (AvgIpc) is 2.66. The molecule has 0 unspecified atom stereocenters. The first-order valence-electron chi connectivity index (χ1n) is 7.39. The van der Waals surface area contributed by atoms with Gasteiger partial charge in [-0.15, -0.1) is 0 Å². The normalized spacial score (nSPS) is 11.2. The van der Waals surface area contributed by atoms with Crippen LogP contribution in [-0.4, -0.2) is 21.7 Å². The van der Waals surface area contributed by atoms with Gasteiger partial charge in [-0.3, -0.25) is 15.0 Å². The maximum absolute atomic E-state index is 12.9. The summed E-state index contributed by atoms with van der Waals surface area (Å²) in [5.41, 5.74) is 4.13. The first-order valence-corrected chi connectivity index (χ1v) is 8.18. The first-order chi connectivity index (χ1) is 12.2. The van der Waals surface area contributed by atoms with E-state index in [9.17, 15) is 9.59 Å². The molecule has 0 saturated carbocycles. The van der Waals surface area contributed by atoms with E-state index in [1.165, 1.54) is 6.20 Å². The molecule has 0 bridgehead atoms. The van der Waals surface area contributed by atoms with E-state index in [4.69, 9.17) is 0 Å². The van der Waals surface area contributed by atoms with E-state index in [1.54, 1.807) is 36.4 Å². The molecule has 7 heteroatoms. The number of hydrogen-bond acceptors (Lipinski definition) is 5. The third kappa shape index (κ3) is 3.89. The van der Waals surface area contributed by atoms with Gasteiger partial charge in [0.15, 0.2) is 0 Å². The Kier molecular flexibility index (Phi) is 5.15. The second-order valence-electron chi connectivity index (χ2n) is 5.06. The molecule has 0 radical (unpaired) electrons. The molecule has 6 nitrogen and oxygen atoms in total. The van der Waals surface area contributed by atoms with E-state index in [2.05, 4.69) is 36.7 Å². The van der Waals surface area contributed by atoms with Crippen molar-refractivity contribution in [3.8, 4) is 0 Å². The van der Waals surface area contributed by atoms with Crippen LogP contribution in [0.5, 0.6) is 0 Å². The number of hydrazone groups is 1. The van der Waals surface area contributed by atoms with Crippen LogP contribution < -0.4 is 11.0 Å². The van der Waals surface area contributed by atoms with Crippen molar-refractivity contribution in [2.45, 2.75) is 0 Å². The van der Waals surface area contributed by atoms with Crippen LogP contribution in [0.4, 0.5) is 5.69 Å². The number of ketones is 1. The van der Waals surface area contributed by atoms with Gasteiger partial charge in [0.05, 0.1) is 11.9 Å². The van der Waals surface area contributed by atoms with E-state index >= 15 is 0 Å². The lowest BCUT2D eigenvalue weighted by atomic mass is 10.0. The Morgan fingerprint density at radius 2 is 1.60 bits per heavy atom. The van der Waals surface area contributed by atoms with Crippen LogP contribution >= 0.6 is 15.9 Å². The van der Waals surface area contributed by atoms with Gasteiger partial charge in [0.25, 0.3) is 5.56 Å². The molecule has 3 aromatic rings. The predicted molar refractivity (Wildman–Crippen MR) is 99.9 cm³/mol. The van der Waals surface area contributed by atoms with Gasteiger partial charge in [0.1, 0.15) is 10.2 Å². The topological polar surface area (TPSA) is 87.2 Å². The van der Waals surface area contributed by atoms with E-state index in [1.807, 2.05) is 24.3 Å². The summed E-state index contributed by atoms with van der Waals surface area (Å²) in [6.45, 7) is 0. The molecule has 0 saturated heterocycles. The number of carbonyl (C=O) groups excluding carboxylic acids is 1. The standard InChI is InChI=1S/C18H13BrN4O2/c19-15-14(11-20-23-18(15)25)21-22-16(12-7-3-1-4-8-12)17(24)13-9-5-2-6-10-13/h1-11H,(H2,21,23,25). The van der Waals surface area contributed by atoms with Crippen LogP contribution in [0.3, 0.4) is 0 Å². The molecular formula is C18H13BrN4O2. The van der Waals surface area contributed by atoms with Crippen molar-refractivity contribution in [3.63, 3.8) is 0 Å². The summed E-state index contributed by atoms with van der Waals surface area (Å²) in [6, 6.07) is 18.0. The molecule has 0 aliphatic rings. The molecule has 2 N–H and O–H groups in total. The fourth-order valence-corrected chi connectivity index (χ4v) is 2.43. The zero-order valence-corrected chi connectivity index (χ0v) is 14.5. The van der Waals surface area contributed by atoms with Crippen LogP contribution in [-0.2, 0) is 0 Å². The van der Waals surface area contributed by atoms with Gasteiger partial charge in [0.2, 0.25) is 5.78 Å². The number of Topliss-reactive ketones (excluding diaryl/α,β-unsaturated/α-hetero) is 1. The average molecular weight is 397 g/mol. The molecule has 0 fully saturated rings. The summed E-state index contributed by atoms with van der Waals surface area (Å²) in [5, 5.41) is 10.3. The van der Waals surface area contributed by atoms with Crippen LogP contribution in [0.2, 0.25) is 0 Å².